The zero-order valence-electron chi connectivity index (χ0n) is 10.3. The van der Waals surface area contributed by atoms with Gasteiger partial charge >= 0.3 is 5.97 Å². The molecule has 1 N–H and O–H groups in total. The number of nitrogens with one attached hydrogen (secondary N) is 1. The van der Waals surface area contributed by atoms with Gasteiger partial charge in [-0.25, -0.2) is 9.78 Å². The molecule has 6 heteroatoms. The number of ether oxygens (including phenoxy) is 1. The second-order valence-corrected chi connectivity index (χ2v) is 3.80. The van der Waals surface area contributed by atoms with Crippen LogP contribution in [0.5, 0.6) is 0 Å². The second kappa shape index (κ2) is 5.31. The number of pyridine rings is 1. The summed E-state index contributed by atoms with van der Waals surface area (Å²) >= 11 is 0. The second-order valence-electron chi connectivity index (χ2n) is 3.80. The van der Waals surface area contributed by atoms with E-state index < -0.39 is 0 Å². The molecule has 0 atom stereocenters. The Hall–Kier alpha value is -2.37. The lowest BCUT2D eigenvalue weighted by atomic mass is 10.2. The first kappa shape index (κ1) is 12.1. The van der Waals surface area contributed by atoms with Crippen LogP contribution >= 0.6 is 0 Å². The van der Waals surface area contributed by atoms with Crippen LogP contribution in [0, 0.1) is 0 Å². The van der Waals surface area contributed by atoms with Crippen molar-refractivity contribution in [2.24, 2.45) is 7.05 Å². The summed E-state index contributed by atoms with van der Waals surface area (Å²) in [5, 5.41) is 7.19. The molecule has 0 fully saturated rings. The van der Waals surface area contributed by atoms with Gasteiger partial charge in [-0.2, -0.15) is 5.10 Å². The number of carbonyl (C=O) groups excluding carboxylic acids is 1. The standard InChI is InChI=1S/C12H14N4O2/c1-16-8-9(7-15-16)6-14-11-5-10(3-4-13-11)12(17)18-2/h3-5,7-8H,6H2,1-2H3,(H,13,14). The van der Waals surface area contributed by atoms with Gasteiger partial charge in [-0.05, 0) is 12.1 Å². The van der Waals surface area contributed by atoms with Gasteiger partial charge in [0.1, 0.15) is 5.82 Å². The maximum atomic E-state index is 11.4. The Bertz CT molecular complexity index is 551. The maximum Gasteiger partial charge on any atom is 0.338 e. The van der Waals surface area contributed by atoms with Gasteiger partial charge in [0.05, 0.1) is 18.9 Å². The summed E-state index contributed by atoms with van der Waals surface area (Å²) in [5.74, 6) is 0.253. The van der Waals surface area contributed by atoms with Crippen LogP contribution in [0.15, 0.2) is 30.7 Å². The van der Waals surface area contributed by atoms with E-state index in [1.54, 1.807) is 29.2 Å². The Labute approximate surface area is 105 Å². The molecule has 0 aliphatic carbocycles. The van der Waals surface area contributed by atoms with Crippen molar-refractivity contribution in [1.29, 1.82) is 0 Å². The van der Waals surface area contributed by atoms with Crippen LogP contribution in [0.4, 0.5) is 5.82 Å². The molecule has 2 aromatic heterocycles. The van der Waals surface area contributed by atoms with E-state index in [0.717, 1.165) is 5.56 Å². The minimum absolute atomic E-state index is 0.373. The van der Waals surface area contributed by atoms with E-state index in [-0.39, 0.29) is 5.97 Å². The average molecular weight is 246 g/mol. The molecule has 0 unspecified atom stereocenters. The number of aromatic nitrogens is 3. The van der Waals surface area contributed by atoms with E-state index in [9.17, 15) is 4.79 Å². The molecular formula is C12H14N4O2. The third-order valence-electron chi connectivity index (χ3n) is 2.41. The number of hydrogen-bond donors (Lipinski definition) is 1. The van der Waals surface area contributed by atoms with E-state index in [2.05, 4.69) is 20.1 Å². The minimum Gasteiger partial charge on any atom is -0.465 e. The van der Waals surface area contributed by atoms with E-state index in [4.69, 9.17) is 0 Å². The number of nitrogens with zero attached hydrogens (tertiary/aromatic N) is 3. The number of hydrogen-bond acceptors (Lipinski definition) is 5. The lowest BCUT2D eigenvalue weighted by molar-refractivity contribution is 0.0600. The highest BCUT2D eigenvalue weighted by molar-refractivity contribution is 5.89. The molecule has 0 amide bonds. The molecular weight excluding hydrogens is 232 g/mol. The van der Waals surface area contributed by atoms with Crippen LogP contribution in [-0.2, 0) is 18.3 Å². The molecule has 2 heterocycles. The molecule has 0 aromatic carbocycles. The van der Waals surface area contributed by atoms with Gasteiger partial charge in [0, 0.05) is 31.5 Å². The van der Waals surface area contributed by atoms with Crippen LogP contribution in [-0.4, -0.2) is 27.8 Å². The number of methoxy groups -OCH3 is 1. The predicted octanol–water partition coefficient (Wildman–Crippen LogP) is 1.21. The smallest absolute Gasteiger partial charge is 0.338 e. The number of aryl methyl sites for hydroxylation is 1. The molecule has 0 aliphatic rings. The summed E-state index contributed by atoms with van der Waals surface area (Å²) in [6.45, 7) is 0.603. The van der Waals surface area contributed by atoms with Crippen LogP contribution in [0.1, 0.15) is 15.9 Å². The van der Waals surface area contributed by atoms with Crippen molar-refractivity contribution < 1.29 is 9.53 Å². The van der Waals surface area contributed by atoms with Gasteiger partial charge < -0.3 is 10.1 Å². The molecule has 6 nitrogen and oxygen atoms in total. The Morgan fingerprint density at radius 1 is 1.56 bits per heavy atom. The van der Waals surface area contributed by atoms with Crippen molar-refractivity contribution in [3.63, 3.8) is 0 Å². The Morgan fingerprint density at radius 2 is 2.39 bits per heavy atom. The molecule has 2 aromatic rings. The Morgan fingerprint density at radius 3 is 3.06 bits per heavy atom. The lowest BCUT2D eigenvalue weighted by Crippen LogP contribution is -2.05. The number of rotatable bonds is 4. The summed E-state index contributed by atoms with van der Waals surface area (Å²) in [5.41, 5.74) is 1.52. The van der Waals surface area contributed by atoms with Crippen molar-refractivity contribution in [2.45, 2.75) is 6.54 Å². The first-order valence-electron chi connectivity index (χ1n) is 5.45. The fourth-order valence-corrected chi connectivity index (χ4v) is 1.53. The largest absolute Gasteiger partial charge is 0.465 e. The number of esters is 1. The molecule has 0 saturated carbocycles. The van der Waals surface area contributed by atoms with Crippen LogP contribution in [0.25, 0.3) is 0 Å². The Balaban J connectivity index is 2.03. The van der Waals surface area contributed by atoms with Crippen molar-refractivity contribution in [2.75, 3.05) is 12.4 Å². The first-order valence-corrected chi connectivity index (χ1v) is 5.45. The molecule has 94 valence electrons. The van der Waals surface area contributed by atoms with Crippen LogP contribution in [0.2, 0.25) is 0 Å². The molecule has 2 rings (SSSR count). The van der Waals surface area contributed by atoms with Gasteiger partial charge in [0.2, 0.25) is 0 Å². The van der Waals surface area contributed by atoms with E-state index in [0.29, 0.717) is 17.9 Å². The third kappa shape index (κ3) is 2.85. The maximum absolute atomic E-state index is 11.4. The molecule has 18 heavy (non-hydrogen) atoms. The fraction of sp³-hybridized carbons (Fsp3) is 0.250. The van der Waals surface area contributed by atoms with E-state index in [1.165, 1.54) is 7.11 Å². The normalized spacial score (nSPS) is 10.1. The first-order chi connectivity index (χ1) is 8.69. The Kier molecular flexibility index (Phi) is 3.57. The topological polar surface area (TPSA) is 69.0 Å². The number of anilines is 1. The quantitative estimate of drug-likeness (QED) is 0.821. The van der Waals surface area contributed by atoms with Crippen molar-refractivity contribution in [3.8, 4) is 0 Å². The van der Waals surface area contributed by atoms with Gasteiger partial charge in [-0.1, -0.05) is 0 Å². The zero-order chi connectivity index (χ0) is 13.0. The summed E-state index contributed by atoms with van der Waals surface area (Å²) < 4.78 is 6.38. The van der Waals surface area contributed by atoms with Gasteiger partial charge in [-0.15, -0.1) is 0 Å². The molecule has 0 bridgehead atoms. The molecule has 0 saturated heterocycles. The average Bonchev–Trinajstić information content (AvgIpc) is 2.81. The third-order valence-corrected chi connectivity index (χ3v) is 2.41. The lowest BCUT2D eigenvalue weighted by Gasteiger charge is -2.05. The van der Waals surface area contributed by atoms with Crippen LogP contribution in [0.3, 0.4) is 0 Å². The SMILES string of the molecule is COC(=O)c1ccnc(NCc2cnn(C)c2)c1. The molecule has 0 radical (unpaired) electrons. The number of carbonyl (C=O) groups is 1. The summed E-state index contributed by atoms with van der Waals surface area (Å²) in [6, 6.07) is 3.27. The molecule has 0 aliphatic heterocycles. The fourth-order valence-electron chi connectivity index (χ4n) is 1.53. The van der Waals surface area contributed by atoms with Gasteiger partial charge in [-0.3, -0.25) is 4.68 Å². The minimum atomic E-state index is -0.373. The van der Waals surface area contributed by atoms with Crippen molar-refractivity contribution >= 4 is 11.8 Å². The highest BCUT2D eigenvalue weighted by Gasteiger charge is 2.06. The van der Waals surface area contributed by atoms with E-state index >= 15 is 0 Å². The van der Waals surface area contributed by atoms with Crippen molar-refractivity contribution in [1.82, 2.24) is 14.8 Å². The predicted molar refractivity (Wildman–Crippen MR) is 66.1 cm³/mol. The molecule has 0 spiro atoms. The van der Waals surface area contributed by atoms with Gasteiger partial charge in [0.25, 0.3) is 0 Å². The summed E-state index contributed by atoms with van der Waals surface area (Å²) in [6.07, 6.45) is 5.26. The zero-order valence-corrected chi connectivity index (χ0v) is 10.3. The monoisotopic (exact) mass is 246 g/mol. The van der Waals surface area contributed by atoms with Crippen LogP contribution < -0.4 is 5.32 Å². The van der Waals surface area contributed by atoms with E-state index in [1.807, 2.05) is 13.2 Å². The van der Waals surface area contributed by atoms with Crippen molar-refractivity contribution in [3.05, 3.63) is 41.9 Å². The highest BCUT2D eigenvalue weighted by Crippen LogP contribution is 2.09. The summed E-state index contributed by atoms with van der Waals surface area (Å²) in [4.78, 5) is 15.5. The van der Waals surface area contributed by atoms with Gasteiger partial charge in [0.15, 0.2) is 0 Å². The summed E-state index contributed by atoms with van der Waals surface area (Å²) in [7, 11) is 3.21. The highest BCUT2D eigenvalue weighted by atomic mass is 16.5.